The van der Waals surface area contributed by atoms with Gasteiger partial charge in [0.15, 0.2) is 11.7 Å². The van der Waals surface area contributed by atoms with Gasteiger partial charge >= 0.3 is 0 Å². The van der Waals surface area contributed by atoms with Crippen molar-refractivity contribution in [2.24, 2.45) is 0 Å². The predicted octanol–water partition coefficient (Wildman–Crippen LogP) is 5.46. The molecule has 2 aromatic carbocycles. The number of carbonyl (C=O) groups excluding carboxylic acids is 1. The second-order valence-corrected chi connectivity index (χ2v) is 9.57. The topological polar surface area (TPSA) is 84.3 Å². The first kappa shape index (κ1) is 25.3. The molecule has 0 bridgehead atoms. The molecular formula is C31H26N6O2S. The number of nitrogens with zero attached hydrogens (tertiary/aromatic N) is 4. The van der Waals surface area contributed by atoms with E-state index in [4.69, 9.17) is 17.0 Å². The van der Waals surface area contributed by atoms with Crippen molar-refractivity contribution in [3.63, 3.8) is 0 Å². The maximum absolute atomic E-state index is 12.5. The van der Waals surface area contributed by atoms with Crippen molar-refractivity contribution >= 4 is 34.6 Å². The van der Waals surface area contributed by atoms with Gasteiger partial charge in [0.2, 0.25) is 0 Å². The zero-order chi connectivity index (χ0) is 27.3. The first-order chi connectivity index (χ1) is 19.7. The number of anilines is 2. The molecule has 8 nitrogen and oxygen atoms in total. The van der Waals surface area contributed by atoms with Crippen LogP contribution in [0.2, 0.25) is 0 Å². The summed E-state index contributed by atoms with van der Waals surface area (Å²) in [6, 6.07) is 32.3. The van der Waals surface area contributed by atoms with Gasteiger partial charge in [0, 0.05) is 35.7 Å². The van der Waals surface area contributed by atoms with Crippen LogP contribution in [0.5, 0.6) is 5.75 Å². The number of carbonyl (C=O) groups is 1. The Hall–Kier alpha value is -5.02. The summed E-state index contributed by atoms with van der Waals surface area (Å²) in [6.45, 7) is -0.0791. The van der Waals surface area contributed by atoms with Gasteiger partial charge in [0.1, 0.15) is 17.6 Å². The molecule has 0 spiro atoms. The number of pyridine rings is 2. The first-order valence-corrected chi connectivity index (χ1v) is 13.3. The maximum Gasteiger partial charge on any atom is 0.262 e. The third-order valence-corrected chi connectivity index (χ3v) is 6.93. The van der Waals surface area contributed by atoms with E-state index in [1.54, 1.807) is 12.4 Å². The van der Waals surface area contributed by atoms with Crippen molar-refractivity contribution in [1.29, 1.82) is 0 Å². The number of amides is 1. The summed E-state index contributed by atoms with van der Waals surface area (Å²) in [4.78, 5) is 23.8. The molecule has 0 aliphatic carbocycles. The molecule has 2 atom stereocenters. The maximum atomic E-state index is 12.5. The molecule has 1 aliphatic heterocycles. The van der Waals surface area contributed by atoms with E-state index in [0.29, 0.717) is 16.5 Å². The minimum atomic E-state index is -0.240. The fourth-order valence-electron chi connectivity index (χ4n) is 4.84. The normalized spacial score (nSPS) is 16.4. The van der Waals surface area contributed by atoms with Gasteiger partial charge in [-0.15, -0.1) is 0 Å². The molecule has 4 heterocycles. The van der Waals surface area contributed by atoms with Crippen molar-refractivity contribution in [2.75, 3.05) is 16.8 Å². The molecule has 1 fully saturated rings. The second kappa shape index (κ2) is 11.4. The van der Waals surface area contributed by atoms with Crippen LogP contribution in [0.3, 0.4) is 0 Å². The molecule has 0 unspecified atom stereocenters. The van der Waals surface area contributed by atoms with Gasteiger partial charge in [0.05, 0.1) is 11.7 Å². The van der Waals surface area contributed by atoms with E-state index in [-0.39, 0.29) is 24.6 Å². The molecule has 9 heteroatoms. The monoisotopic (exact) mass is 546 g/mol. The summed E-state index contributed by atoms with van der Waals surface area (Å²) in [5, 5.41) is 6.97. The van der Waals surface area contributed by atoms with E-state index in [1.807, 2.05) is 103 Å². The largest absolute Gasteiger partial charge is 0.484 e. The zero-order valence-corrected chi connectivity index (χ0v) is 22.2. The summed E-state index contributed by atoms with van der Waals surface area (Å²) in [6.07, 6.45) is 5.57. The molecule has 1 saturated heterocycles. The van der Waals surface area contributed by atoms with Crippen molar-refractivity contribution in [1.82, 2.24) is 19.9 Å². The van der Waals surface area contributed by atoms with Crippen LogP contribution in [0.4, 0.5) is 11.4 Å². The number of ether oxygens (including phenoxy) is 1. The highest BCUT2D eigenvalue weighted by atomic mass is 32.1. The van der Waals surface area contributed by atoms with Gasteiger partial charge in [-0.2, -0.15) is 0 Å². The Labute approximate surface area is 237 Å². The summed E-state index contributed by atoms with van der Waals surface area (Å²) < 4.78 is 7.63. The number of hydrogen-bond donors (Lipinski definition) is 2. The molecule has 0 saturated carbocycles. The van der Waals surface area contributed by atoms with Crippen LogP contribution in [-0.4, -0.2) is 32.2 Å². The summed E-state index contributed by atoms with van der Waals surface area (Å²) >= 11 is 5.87. The van der Waals surface area contributed by atoms with Crippen LogP contribution in [0, 0.1) is 0 Å². The standard InChI is InChI=1S/C31H26N6O2S/c38-28(21-39-24-9-2-1-3-10-24)34-22-14-16-23(17-15-22)37-30(29(35-31(37)40)25-11-4-6-18-32-25)26-12-8-20-36(26)27-13-5-7-19-33-27/h1-20,29-30H,21H2,(H,34,38)(H,35,40)/t29-,30+/m1/s1. The number of hydrogen-bond acceptors (Lipinski definition) is 5. The van der Waals surface area contributed by atoms with E-state index in [1.165, 1.54) is 0 Å². The number of para-hydroxylation sites is 1. The van der Waals surface area contributed by atoms with Gasteiger partial charge < -0.3 is 24.8 Å². The van der Waals surface area contributed by atoms with Crippen molar-refractivity contribution in [3.8, 4) is 11.6 Å². The fraction of sp³-hybridized carbons (Fsp3) is 0.0968. The number of thiocarbonyl (C=S) groups is 1. The molecule has 0 radical (unpaired) electrons. The highest BCUT2D eigenvalue weighted by molar-refractivity contribution is 7.80. The Kier molecular flexibility index (Phi) is 7.19. The summed E-state index contributed by atoms with van der Waals surface area (Å²) in [5.74, 6) is 1.22. The SMILES string of the molecule is O=C(COc1ccccc1)Nc1ccc(N2C(=S)N[C@H](c3ccccn3)[C@@H]2c2cccn2-c2ccccn2)cc1. The molecule has 5 aromatic rings. The van der Waals surface area contributed by atoms with Crippen molar-refractivity contribution < 1.29 is 9.53 Å². The lowest BCUT2D eigenvalue weighted by Crippen LogP contribution is -2.30. The third-order valence-electron chi connectivity index (χ3n) is 6.62. The highest BCUT2D eigenvalue weighted by Gasteiger charge is 2.42. The molecule has 40 heavy (non-hydrogen) atoms. The number of rotatable bonds is 8. The molecule has 3 aromatic heterocycles. The van der Waals surface area contributed by atoms with Crippen LogP contribution in [0.1, 0.15) is 23.5 Å². The zero-order valence-electron chi connectivity index (χ0n) is 21.4. The summed E-state index contributed by atoms with van der Waals surface area (Å²) in [7, 11) is 0. The highest BCUT2D eigenvalue weighted by Crippen LogP contribution is 2.42. The van der Waals surface area contributed by atoms with Crippen LogP contribution >= 0.6 is 12.2 Å². The number of aromatic nitrogens is 3. The number of nitrogens with one attached hydrogen (secondary N) is 2. The Morgan fingerprint density at radius 1 is 0.875 bits per heavy atom. The van der Waals surface area contributed by atoms with E-state index in [9.17, 15) is 4.79 Å². The van der Waals surface area contributed by atoms with Gasteiger partial charge in [-0.3, -0.25) is 9.78 Å². The average Bonchev–Trinajstić information content (AvgIpc) is 3.62. The number of benzene rings is 2. The van der Waals surface area contributed by atoms with Crippen molar-refractivity contribution in [3.05, 3.63) is 133 Å². The molecule has 1 aliphatic rings. The third kappa shape index (κ3) is 5.27. The Morgan fingerprint density at radius 2 is 1.62 bits per heavy atom. The molecule has 198 valence electrons. The van der Waals surface area contributed by atoms with E-state index in [0.717, 1.165) is 22.9 Å². The quantitative estimate of drug-likeness (QED) is 0.250. The smallest absolute Gasteiger partial charge is 0.262 e. The van der Waals surface area contributed by atoms with Gasteiger partial charge in [-0.25, -0.2) is 4.98 Å². The van der Waals surface area contributed by atoms with E-state index in [2.05, 4.69) is 36.1 Å². The fourth-order valence-corrected chi connectivity index (χ4v) is 5.19. The Morgan fingerprint density at radius 3 is 2.35 bits per heavy atom. The van der Waals surface area contributed by atoms with Crippen LogP contribution in [-0.2, 0) is 4.79 Å². The van der Waals surface area contributed by atoms with Crippen molar-refractivity contribution in [2.45, 2.75) is 12.1 Å². The average molecular weight is 547 g/mol. The second-order valence-electron chi connectivity index (χ2n) is 9.18. The minimum Gasteiger partial charge on any atom is -0.484 e. The van der Waals surface area contributed by atoms with Crippen LogP contribution in [0.15, 0.2) is 122 Å². The lowest BCUT2D eigenvalue weighted by Gasteiger charge is -2.29. The van der Waals surface area contributed by atoms with E-state index < -0.39 is 0 Å². The predicted molar refractivity (Wildman–Crippen MR) is 159 cm³/mol. The Balaban J connectivity index is 1.27. The lowest BCUT2D eigenvalue weighted by atomic mass is 10.0. The first-order valence-electron chi connectivity index (χ1n) is 12.8. The van der Waals surface area contributed by atoms with Crippen LogP contribution in [0.25, 0.3) is 5.82 Å². The Bertz CT molecular complexity index is 1590. The lowest BCUT2D eigenvalue weighted by molar-refractivity contribution is -0.118. The minimum absolute atomic E-state index is 0.0791. The van der Waals surface area contributed by atoms with Gasteiger partial charge in [-0.05, 0) is 85.0 Å². The molecule has 2 N–H and O–H groups in total. The summed E-state index contributed by atoms with van der Waals surface area (Å²) in [5.41, 5.74) is 3.44. The van der Waals surface area contributed by atoms with Gasteiger partial charge in [0.25, 0.3) is 5.91 Å². The van der Waals surface area contributed by atoms with Gasteiger partial charge in [-0.1, -0.05) is 30.3 Å². The van der Waals surface area contributed by atoms with Crippen LogP contribution < -0.4 is 20.3 Å². The molecule has 6 rings (SSSR count). The molecule has 1 amide bonds. The van der Waals surface area contributed by atoms with E-state index >= 15 is 0 Å². The molecular weight excluding hydrogens is 520 g/mol.